The van der Waals surface area contributed by atoms with E-state index in [0.29, 0.717) is 30.2 Å². The van der Waals surface area contributed by atoms with E-state index in [1.54, 1.807) is 23.1 Å². The molecule has 7 nitrogen and oxygen atoms in total. The van der Waals surface area contributed by atoms with E-state index in [4.69, 9.17) is 27.0 Å². The molecule has 0 aliphatic carbocycles. The Bertz CT molecular complexity index is 1260. The minimum Gasteiger partial charge on any atom is -0.486 e. The molecule has 12 heteroatoms. The van der Waals surface area contributed by atoms with Crippen LogP contribution in [0.25, 0.3) is 0 Å². The fraction of sp³-hybridized carbons (Fsp3) is 0.348. The summed E-state index contributed by atoms with van der Waals surface area (Å²) in [4.78, 5) is 17.3. The van der Waals surface area contributed by atoms with Crippen LogP contribution in [0.3, 0.4) is 0 Å². The Morgan fingerprint density at radius 2 is 2.03 bits per heavy atom. The Kier molecular flexibility index (Phi) is 5.91. The number of thioether (sulfide) groups is 1. The van der Waals surface area contributed by atoms with Crippen LogP contribution >= 0.6 is 24.0 Å². The Hall–Kier alpha value is -2.85. The topological polar surface area (TPSA) is 86.0 Å². The van der Waals surface area contributed by atoms with E-state index >= 15 is 0 Å². The van der Waals surface area contributed by atoms with Gasteiger partial charge in [0, 0.05) is 24.5 Å². The van der Waals surface area contributed by atoms with Gasteiger partial charge in [-0.3, -0.25) is 9.69 Å². The normalized spacial score (nSPS) is 24.0. The number of anilines is 2. The zero-order valence-corrected chi connectivity index (χ0v) is 19.7. The first-order valence-corrected chi connectivity index (χ1v) is 12.0. The second-order valence-corrected chi connectivity index (χ2v) is 9.72. The zero-order valence-electron chi connectivity index (χ0n) is 18.0. The predicted octanol–water partition coefficient (Wildman–Crippen LogP) is 3.72. The first-order valence-electron chi connectivity index (χ1n) is 10.6. The van der Waals surface area contributed by atoms with E-state index in [0.717, 1.165) is 21.9 Å². The highest BCUT2D eigenvalue weighted by Crippen LogP contribution is 2.45. The molecule has 0 bridgehead atoms. The van der Waals surface area contributed by atoms with Crippen LogP contribution in [-0.2, 0) is 15.7 Å². The van der Waals surface area contributed by atoms with Crippen molar-refractivity contribution in [2.75, 3.05) is 35.4 Å². The number of aliphatic hydroxyl groups is 1. The second kappa shape index (κ2) is 8.67. The van der Waals surface area contributed by atoms with Crippen LogP contribution in [0.2, 0.25) is 0 Å². The number of ether oxygens (including phenoxy) is 2. The minimum atomic E-state index is -4.78. The molecule has 182 valence electrons. The lowest BCUT2D eigenvalue weighted by Crippen LogP contribution is -2.50. The maximum atomic E-state index is 13.7. The van der Waals surface area contributed by atoms with Crippen molar-refractivity contribution < 1.29 is 32.5 Å². The molecule has 35 heavy (non-hydrogen) atoms. The first-order chi connectivity index (χ1) is 16.7. The van der Waals surface area contributed by atoms with Crippen molar-refractivity contribution in [1.29, 1.82) is 5.26 Å². The molecule has 1 spiro atoms. The standard InChI is InChI=1S/C23H18F3N3O4S2/c24-23(25,26)17-7-14(2-1-13(17)9-27)28-20(31)22(5-6-32-12-22)29(21(28)34)15-3-4-18-19(8-15)35-11-16(10-30)33-18/h1-4,7-8,16,30H,5-6,10-12H2/t16-,22-/m0/s1. The summed E-state index contributed by atoms with van der Waals surface area (Å²) in [5, 5.41) is 18.5. The second-order valence-electron chi connectivity index (χ2n) is 8.30. The Morgan fingerprint density at radius 1 is 1.26 bits per heavy atom. The largest absolute Gasteiger partial charge is 0.486 e. The molecule has 2 aromatic rings. The minimum absolute atomic E-state index is 0.0215. The van der Waals surface area contributed by atoms with E-state index in [1.165, 1.54) is 17.8 Å². The van der Waals surface area contributed by atoms with Gasteiger partial charge in [0.05, 0.1) is 41.0 Å². The summed E-state index contributed by atoms with van der Waals surface area (Å²) in [5.74, 6) is 0.651. The Labute approximate surface area is 208 Å². The maximum absolute atomic E-state index is 13.7. The molecule has 3 aliphatic rings. The van der Waals surface area contributed by atoms with Gasteiger partial charge in [0.15, 0.2) is 10.7 Å². The van der Waals surface area contributed by atoms with Crippen molar-refractivity contribution in [2.45, 2.75) is 29.1 Å². The number of hydrogen-bond donors (Lipinski definition) is 1. The molecule has 2 saturated heterocycles. The molecule has 3 aliphatic heterocycles. The Morgan fingerprint density at radius 3 is 2.69 bits per heavy atom. The maximum Gasteiger partial charge on any atom is 0.417 e. The fourth-order valence-corrected chi connectivity index (χ4v) is 5.96. The molecule has 2 fully saturated rings. The molecule has 2 atom stereocenters. The molecular formula is C23H18F3N3O4S2. The van der Waals surface area contributed by atoms with Crippen molar-refractivity contribution in [3.63, 3.8) is 0 Å². The molecule has 2 aromatic carbocycles. The number of hydrogen-bond acceptors (Lipinski definition) is 7. The van der Waals surface area contributed by atoms with Crippen molar-refractivity contribution in [3.8, 4) is 11.8 Å². The van der Waals surface area contributed by atoms with Crippen molar-refractivity contribution in [3.05, 3.63) is 47.5 Å². The molecule has 1 N–H and O–H groups in total. The number of thiocarbonyl (C=S) groups is 1. The SMILES string of the molecule is N#Cc1ccc(N2C(=O)[C@@]3(CCOC3)N(c3ccc4c(c3)SC[C@H](CO)O4)C2=S)cc1C(F)(F)F. The van der Waals surface area contributed by atoms with Crippen molar-refractivity contribution in [2.24, 2.45) is 0 Å². The number of rotatable bonds is 3. The molecule has 0 unspecified atom stereocenters. The number of nitriles is 1. The van der Waals surface area contributed by atoms with Gasteiger partial charge in [-0.15, -0.1) is 11.8 Å². The van der Waals surface area contributed by atoms with Crippen LogP contribution in [0, 0.1) is 11.3 Å². The summed E-state index contributed by atoms with van der Waals surface area (Å²) in [6.07, 6.45) is -4.79. The first kappa shape index (κ1) is 23.9. The summed E-state index contributed by atoms with van der Waals surface area (Å²) in [7, 11) is 0. The highest BCUT2D eigenvalue weighted by molar-refractivity contribution is 7.99. The molecule has 5 rings (SSSR count). The van der Waals surface area contributed by atoms with Crippen LogP contribution in [0.5, 0.6) is 5.75 Å². The lowest BCUT2D eigenvalue weighted by Gasteiger charge is -2.32. The zero-order chi connectivity index (χ0) is 25.0. The van der Waals surface area contributed by atoms with Crippen LogP contribution in [0.1, 0.15) is 17.5 Å². The quantitative estimate of drug-likeness (QED) is 0.612. The van der Waals surface area contributed by atoms with Gasteiger partial charge < -0.3 is 19.5 Å². The van der Waals surface area contributed by atoms with Gasteiger partial charge >= 0.3 is 6.18 Å². The number of carbonyl (C=O) groups excluding carboxylic acids is 1. The van der Waals surface area contributed by atoms with Crippen LogP contribution in [0.4, 0.5) is 24.5 Å². The Balaban J connectivity index is 1.58. The van der Waals surface area contributed by atoms with Gasteiger partial charge in [-0.05, 0) is 48.6 Å². The third-order valence-corrected chi connectivity index (χ3v) is 7.74. The monoisotopic (exact) mass is 521 g/mol. The van der Waals surface area contributed by atoms with E-state index in [1.807, 2.05) is 6.07 Å². The molecular weight excluding hydrogens is 503 g/mol. The van der Waals surface area contributed by atoms with Gasteiger partial charge in [0.1, 0.15) is 11.9 Å². The van der Waals surface area contributed by atoms with Crippen LogP contribution in [0.15, 0.2) is 41.3 Å². The number of halogens is 3. The number of benzene rings is 2. The number of amides is 1. The van der Waals surface area contributed by atoms with Crippen molar-refractivity contribution >= 4 is 46.4 Å². The number of carbonyl (C=O) groups is 1. The van der Waals surface area contributed by atoms with Crippen LogP contribution in [-0.4, -0.2) is 53.3 Å². The fourth-order valence-electron chi connectivity index (χ4n) is 4.49. The lowest BCUT2D eigenvalue weighted by atomic mass is 9.96. The molecule has 0 aromatic heterocycles. The van der Waals surface area contributed by atoms with E-state index in [-0.39, 0.29) is 30.1 Å². The number of aliphatic hydroxyl groups excluding tert-OH is 1. The average molecular weight is 522 g/mol. The molecule has 1 amide bonds. The van der Waals surface area contributed by atoms with E-state index in [9.17, 15) is 23.1 Å². The van der Waals surface area contributed by atoms with Gasteiger partial charge in [0.25, 0.3) is 5.91 Å². The lowest BCUT2D eigenvalue weighted by molar-refractivity contribution is -0.137. The summed E-state index contributed by atoms with van der Waals surface area (Å²) in [6, 6.07) is 9.92. The van der Waals surface area contributed by atoms with Gasteiger partial charge in [-0.1, -0.05) is 0 Å². The molecule has 3 heterocycles. The summed E-state index contributed by atoms with van der Waals surface area (Å²) in [5.41, 5.74) is -2.36. The van der Waals surface area contributed by atoms with E-state index < -0.39 is 28.7 Å². The molecule has 0 saturated carbocycles. The highest BCUT2D eigenvalue weighted by Gasteiger charge is 2.58. The van der Waals surface area contributed by atoms with Crippen LogP contribution < -0.4 is 14.5 Å². The summed E-state index contributed by atoms with van der Waals surface area (Å²) < 4.78 is 52.1. The van der Waals surface area contributed by atoms with Crippen molar-refractivity contribution in [1.82, 2.24) is 0 Å². The summed E-state index contributed by atoms with van der Waals surface area (Å²) >= 11 is 7.15. The predicted molar refractivity (Wildman–Crippen MR) is 126 cm³/mol. The van der Waals surface area contributed by atoms with Gasteiger partial charge in [0.2, 0.25) is 0 Å². The summed E-state index contributed by atoms with van der Waals surface area (Å²) in [6.45, 7) is 0.206. The highest BCUT2D eigenvalue weighted by atomic mass is 32.2. The number of fused-ring (bicyclic) bond motifs is 1. The van der Waals surface area contributed by atoms with Gasteiger partial charge in [-0.2, -0.15) is 18.4 Å². The molecule has 0 radical (unpaired) electrons. The third kappa shape index (κ3) is 3.83. The van der Waals surface area contributed by atoms with E-state index in [2.05, 4.69) is 0 Å². The number of nitrogens with zero attached hydrogens (tertiary/aromatic N) is 3. The smallest absolute Gasteiger partial charge is 0.417 e. The third-order valence-electron chi connectivity index (χ3n) is 6.21. The number of alkyl halides is 3. The average Bonchev–Trinajstić information content (AvgIpc) is 3.41. The van der Waals surface area contributed by atoms with Gasteiger partial charge in [-0.25, -0.2) is 0 Å².